The van der Waals surface area contributed by atoms with Crippen molar-refractivity contribution in [3.8, 4) is 0 Å². The fourth-order valence-corrected chi connectivity index (χ4v) is 15.6. The Morgan fingerprint density at radius 3 is 0.697 bits per heavy atom. The van der Waals surface area contributed by atoms with Crippen molar-refractivity contribution in [3.63, 3.8) is 0 Å². The molecule has 0 radical (unpaired) electrons. The maximum atomic E-state index is 13.2. The summed E-state index contributed by atoms with van der Waals surface area (Å²) in [6.45, 7) is 12.0. The number of esters is 4. The van der Waals surface area contributed by atoms with Crippen molar-refractivity contribution < 1.29 is 80.2 Å². The third kappa shape index (κ3) is 81.0. The summed E-state index contributed by atoms with van der Waals surface area (Å²) in [5.41, 5.74) is 0. The number of phosphoric ester groups is 2. The van der Waals surface area contributed by atoms with E-state index in [1.165, 1.54) is 289 Å². The Bertz CT molecular complexity index is 2100. The van der Waals surface area contributed by atoms with E-state index in [2.05, 4.69) is 48.5 Å². The predicted octanol–water partition coefficient (Wildman–Crippen LogP) is 27.6. The highest BCUT2D eigenvalue weighted by Crippen LogP contribution is 2.45. The van der Waals surface area contributed by atoms with Gasteiger partial charge in [-0.1, -0.05) is 427 Å². The van der Waals surface area contributed by atoms with Crippen LogP contribution in [0.15, 0.2) is 0 Å². The van der Waals surface area contributed by atoms with Crippen LogP contribution in [-0.4, -0.2) is 96.7 Å². The topological polar surface area (TPSA) is 237 Å². The second-order valence-corrected chi connectivity index (χ2v) is 36.2. The molecule has 0 amide bonds. The van der Waals surface area contributed by atoms with E-state index in [-0.39, 0.29) is 25.7 Å². The number of carbonyl (C=O) groups excluding carboxylic acids is 4. The number of aliphatic hydroxyl groups is 1. The summed E-state index contributed by atoms with van der Waals surface area (Å²) in [7, 11) is -9.93. The van der Waals surface area contributed by atoms with Crippen LogP contribution in [0.25, 0.3) is 0 Å². The van der Waals surface area contributed by atoms with Gasteiger partial charge >= 0.3 is 39.5 Å². The van der Waals surface area contributed by atoms with Gasteiger partial charge in [-0.15, -0.1) is 0 Å². The normalized spacial score (nSPS) is 14.3. The molecule has 109 heavy (non-hydrogen) atoms. The molecule has 0 aromatic heterocycles. The fraction of sp³-hybridized carbons (Fsp3) is 0.956. The maximum absolute atomic E-state index is 13.2. The summed E-state index contributed by atoms with van der Waals surface area (Å²) >= 11 is 0. The van der Waals surface area contributed by atoms with Crippen LogP contribution in [0.2, 0.25) is 0 Å². The van der Waals surface area contributed by atoms with Crippen LogP contribution in [0, 0.1) is 17.8 Å². The minimum absolute atomic E-state index is 0.106. The molecule has 0 heterocycles. The molecule has 0 aliphatic rings. The lowest BCUT2D eigenvalue weighted by Gasteiger charge is -2.21. The molecule has 0 aromatic rings. The standard InChI is InChI=1S/C90H176O17P2/c1-8-11-12-13-14-15-16-17-18-19-20-21-22-23-27-30-33-36-42-50-57-64-71-87(92)100-77-85(106-89(94)73-66-59-52-43-37-34-31-28-25-24-26-29-32-35-40-48-55-62-69-82(6)9-2)79-104-108(96,97)102-75-84(91)76-103-109(98,99)105-80-86(78-101-88(93)72-65-58-51-46-45-47-54-61-68-81(4)5)107-90(95)74-67-60-53-44-39-38-41-49-56-63-70-83(7)10-3/h81-86,91H,8-80H2,1-7H3,(H,96,97)(H,98,99)/t82?,83?,84-,85-,86-/m1/s1. The minimum Gasteiger partial charge on any atom is -0.462 e. The van der Waals surface area contributed by atoms with Crippen LogP contribution >= 0.6 is 15.6 Å². The third-order valence-corrected chi connectivity index (χ3v) is 23.8. The molecule has 0 fully saturated rings. The molecule has 0 aliphatic carbocycles. The Balaban J connectivity index is 5.22. The van der Waals surface area contributed by atoms with Crippen LogP contribution in [0.4, 0.5) is 0 Å². The number of phosphoric acid groups is 2. The fourth-order valence-electron chi connectivity index (χ4n) is 14.0. The number of carbonyl (C=O) groups is 4. The van der Waals surface area contributed by atoms with Gasteiger partial charge < -0.3 is 33.8 Å². The first-order valence-electron chi connectivity index (χ1n) is 46.4. The number of unbranched alkanes of at least 4 members (excludes halogenated alkanes) is 54. The second-order valence-electron chi connectivity index (χ2n) is 33.3. The number of hydrogen-bond acceptors (Lipinski definition) is 15. The Morgan fingerprint density at radius 2 is 0.468 bits per heavy atom. The van der Waals surface area contributed by atoms with E-state index in [0.717, 1.165) is 108 Å². The van der Waals surface area contributed by atoms with Gasteiger partial charge in [-0.05, 0) is 43.4 Å². The first-order valence-corrected chi connectivity index (χ1v) is 49.4. The molecule has 0 rings (SSSR count). The maximum Gasteiger partial charge on any atom is 0.472 e. The van der Waals surface area contributed by atoms with Crippen LogP contribution in [0.3, 0.4) is 0 Å². The van der Waals surface area contributed by atoms with E-state index in [4.69, 9.17) is 37.0 Å². The molecule has 648 valence electrons. The molecule has 0 aliphatic heterocycles. The van der Waals surface area contributed by atoms with Crippen LogP contribution in [0.1, 0.15) is 479 Å². The highest BCUT2D eigenvalue weighted by atomic mass is 31.2. The molecule has 0 spiro atoms. The third-order valence-electron chi connectivity index (χ3n) is 21.9. The summed E-state index contributed by atoms with van der Waals surface area (Å²) in [4.78, 5) is 73.3. The SMILES string of the molecule is CCCCCCCCCCCCCCCCCCCCCCCCC(=O)OC[C@H](COP(=O)(O)OC[C@@H](O)COP(=O)(O)OC[C@@H](COC(=O)CCCCCCCCCCC(C)C)OC(=O)CCCCCCCCCCCCC(C)CC)OC(=O)CCCCCCCCCCCCCCCCCCCCC(C)CC. The van der Waals surface area contributed by atoms with Crippen LogP contribution in [0.5, 0.6) is 0 Å². The monoisotopic (exact) mass is 1590 g/mol. The molecule has 17 nitrogen and oxygen atoms in total. The van der Waals surface area contributed by atoms with Gasteiger partial charge in [0.2, 0.25) is 0 Å². The zero-order chi connectivity index (χ0) is 80.0. The van der Waals surface area contributed by atoms with E-state index in [0.29, 0.717) is 25.7 Å². The van der Waals surface area contributed by atoms with Gasteiger partial charge in [0.1, 0.15) is 19.3 Å². The lowest BCUT2D eigenvalue weighted by molar-refractivity contribution is -0.161. The van der Waals surface area contributed by atoms with Crippen molar-refractivity contribution >= 4 is 39.5 Å². The zero-order valence-corrected chi connectivity index (χ0v) is 73.8. The van der Waals surface area contributed by atoms with Gasteiger partial charge in [-0.25, -0.2) is 9.13 Å². The Labute approximate surface area is 670 Å². The summed E-state index contributed by atoms with van der Waals surface area (Å²) in [5, 5.41) is 10.7. The average Bonchev–Trinajstić information content (AvgIpc) is 0.859. The Kier molecular flexibility index (Phi) is 78.5. The Hall–Kier alpha value is -1.94. The lowest BCUT2D eigenvalue weighted by atomic mass is 9.99. The number of hydrogen-bond donors (Lipinski definition) is 3. The molecular weight excluding hydrogens is 1410 g/mol. The summed E-state index contributed by atoms with van der Waals surface area (Å²) < 4.78 is 69.0. The highest BCUT2D eigenvalue weighted by molar-refractivity contribution is 7.47. The van der Waals surface area contributed by atoms with Crippen molar-refractivity contribution in [1.82, 2.24) is 0 Å². The van der Waals surface area contributed by atoms with Gasteiger partial charge in [0, 0.05) is 25.7 Å². The van der Waals surface area contributed by atoms with Crippen LogP contribution < -0.4 is 0 Å². The molecular formula is C90H176O17P2. The molecule has 7 atom stereocenters. The van der Waals surface area contributed by atoms with Crippen molar-refractivity contribution in [3.05, 3.63) is 0 Å². The first-order chi connectivity index (χ1) is 52.8. The van der Waals surface area contributed by atoms with Gasteiger partial charge in [0.15, 0.2) is 12.2 Å². The largest absolute Gasteiger partial charge is 0.472 e. The van der Waals surface area contributed by atoms with Gasteiger partial charge in [-0.2, -0.15) is 0 Å². The lowest BCUT2D eigenvalue weighted by Crippen LogP contribution is -2.30. The van der Waals surface area contributed by atoms with E-state index < -0.39 is 97.5 Å². The summed E-state index contributed by atoms with van der Waals surface area (Å²) in [6, 6.07) is 0. The van der Waals surface area contributed by atoms with Gasteiger partial charge in [0.25, 0.3) is 0 Å². The molecule has 0 saturated heterocycles. The van der Waals surface area contributed by atoms with Crippen molar-refractivity contribution in [2.24, 2.45) is 17.8 Å². The summed E-state index contributed by atoms with van der Waals surface area (Å²) in [5.74, 6) is 0.297. The van der Waals surface area contributed by atoms with E-state index >= 15 is 0 Å². The zero-order valence-electron chi connectivity index (χ0n) is 72.0. The summed E-state index contributed by atoms with van der Waals surface area (Å²) in [6.07, 6.45) is 72.4. The smallest absolute Gasteiger partial charge is 0.462 e. The second kappa shape index (κ2) is 79.9. The van der Waals surface area contributed by atoms with Crippen molar-refractivity contribution in [2.45, 2.75) is 497 Å². The van der Waals surface area contributed by atoms with Gasteiger partial charge in [-0.3, -0.25) is 37.3 Å². The highest BCUT2D eigenvalue weighted by Gasteiger charge is 2.31. The molecule has 0 saturated carbocycles. The molecule has 0 aromatic carbocycles. The Morgan fingerprint density at radius 1 is 0.266 bits per heavy atom. The van der Waals surface area contributed by atoms with E-state index in [9.17, 15) is 43.2 Å². The van der Waals surface area contributed by atoms with Gasteiger partial charge in [0.05, 0.1) is 26.4 Å². The number of aliphatic hydroxyl groups excluding tert-OH is 1. The molecule has 19 heteroatoms. The molecule has 3 N–H and O–H groups in total. The predicted molar refractivity (Wildman–Crippen MR) is 451 cm³/mol. The first kappa shape index (κ1) is 107. The van der Waals surface area contributed by atoms with E-state index in [1.807, 2.05) is 0 Å². The average molecular weight is 1590 g/mol. The minimum atomic E-state index is -4.97. The van der Waals surface area contributed by atoms with Crippen molar-refractivity contribution in [2.75, 3.05) is 39.6 Å². The number of ether oxygens (including phenoxy) is 4. The number of rotatable bonds is 88. The van der Waals surface area contributed by atoms with Crippen LogP contribution in [-0.2, 0) is 65.4 Å². The quantitative estimate of drug-likeness (QED) is 0.0222. The van der Waals surface area contributed by atoms with Crippen molar-refractivity contribution in [1.29, 1.82) is 0 Å². The van der Waals surface area contributed by atoms with E-state index in [1.54, 1.807) is 0 Å². The molecule has 0 bridgehead atoms. The molecule has 4 unspecified atom stereocenters.